The Morgan fingerprint density at radius 3 is 2.46 bits per heavy atom. The molecular weight excluding hydrogens is 466 g/mol. The smallest absolute Gasteiger partial charge is 0.332 e. The number of allylic oxidation sites excluding steroid dienone is 2. The number of fused-ring (bicyclic) bond motifs is 1. The molecule has 0 aliphatic heterocycles. The second kappa shape index (κ2) is 9.38. The summed E-state index contributed by atoms with van der Waals surface area (Å²) in [4.78, 5) is 31.0. The monoisotopic (exact) mass is 499 g/mol. The van der Waals surface area contributed by atoms with Crippen molar-refractivity contribution in [3.8, 4) is 11.4 Å². The van der Waals surface area contributed by atoms with Crippen molar-refractivity contribution in [2.24, 2.45) is 19.5 Å². The molecule has 4 aromatic rings. The van der Waals surface area contributed by atoms with Crippen LogP contribution in [0.15, 0.2) is 70.6 Å². The first kappa shape index (κ1) is 24.5. The van der Waals surface area contributed by atoms with Crippen LogP contribution < -0.4 is 16.6 Å². The number of imidazole rings is 1. The summed E-state index contributed by atoms with van der Waals surface area (Å²) in [6.07, 6.45) is 12.7. The summed E-state index contributed by atoms with van der Waals surface area (Å²) in [7, 11) is 3.50. The Morgan fingerprint density at radius 1 is 1.08 bits per heavy atom. The van der Waals surface area contributed by atoms with E-state index in [9.17, 15) is 9.59 Å². The normalized spacial score (nSPS) is 15.5. The minimum absolute atomic E-state index is 0.0159. The summed E-state index contributed by atoms with van der Waals surface area (Å²) in [5, 5.41) is 8.81. The van der Waals surface area contributed by atoms with E-state index in [0.29, 0.717) is 29.9 Å². The number of hydrogen-bond donors (Lipinski definition) is 1. The van der Waals surface area contributed by atoms with Gasteiger partial charge in [0.15, 0.2) is 5.65 Å². The molecule has 5 rings (SSSR count). The van der Waals surface area contributed by atoms with Crippen LogP contribution in [0, 0.1) is 5.41 Å². The molecule has 9 heteroatoms. The van der Waals surface area contributed by atoms with E-state index >= 15 is 0 Å². The maximum atomic E-state index is 13.4. The van der Waals surface area contributed by atoms with Crippen LogP contribution in [0.2, 0.25) is 0 Å². The first-order chi connectivity index (χ1) is 17.6. The van der Waals surface area contributed by atoms with Gasteiger partial charge in [-0.25, -0.2) is 14.5 Å². The van der Waals surface area contributed by atoms with Crippen LogP contribution >= 0.6 is 0 Å². The predicted molar refractivity (Wildman–Crippen MR) is 147 cm³/mol. The molecule has 0 bridgehead atoms. The van der Waals surface area contributed by atoms with E-state index in [-0.39, 0.29) is 22.7 Å². The van der Waals surface area contributed by atoms with E-state index in [1.54, 1.807) is 10.8 Å². The predicted octanol–water partition coefficient (Wildman–Crippen LogP) is 3.69. The summed E-state index contributed by atoms with van der Waals surface area (Å²) in [5.74, 6) is 1.52. The number of nitrogens with zero attached hydrogens (tertiary/aromatic N) is 6. The molecule has 3 aromatic heterocycles. The summed E-state index contributed by atoms with van der Waals surface area (Å²) < 4.78 is 6.60. The molecule has 1 aromatic carbocycles. The fourth-order valence-electron chi connectivity index (χ4n) is 4.68. The number of hydrogen-bond acceptors (Lipinski definition) is 5. The minimum Gasteiger partial charge on any atom is -0.363 e. The van der Waals surface area contributed by atoms with E-state index in [1.165, 1.54) is 11.6 Å². The van der Waals surface area contributed by atoms with Gasteiger partial charge in [-0.05, 0) is 17.4 Å². The zero-order chi connectivity index (χ0) is 26.3. The highest BCUT2D eigenvalue weighted by Crippen LogP contribution is 2.26. The molecule has 0 saturated carbocycles. The van der Waals surface area contributed by atoms with Crippen LogP contribution in [0.3, 0.4) is 0 Å². The van der Waals surface area contributed by atoms with Gasteiger partial charge in [-0.15, -0.1) is 0 Å². The molecule has 1 atom stereocenters. The van der Waals surface area contributed by atoms with Crippen molar-refractivity contribution in [3.63, 3.8) is 0 Å². The quantitative estimate of drug-likeness (QED) is 0.437. The number of aromatic nitrogens is 6. The molecule has 0 fully saturated rings. The zero-order valence-corrected chi connectivity index (χ0v) is 22.0. The van der Waals surface area contributed by atoms with Crippen molar-refractivity contribution in [2.45, 2.75) is 46.3 Å². The Balaban J connectivity index is 1.63. The second-order valence-electron chi connectivity index (χ2n) is 10.9. The number of anilines is 1. The van der Waals surface area contributed by atoms with Crippen LogP contribution in [0.5, 0.6) is 0 Å². The molecule has 0 spiro atoms. The third-order valence-corrected chi connectivity index (χ3v) is 6.53. The van der Waals surface area contributed by atoms with Gasteiger partial charge >= 0.3 is 5.69 Å². The van der Waals surface area contributed by atoms with E-state index in [1.807, 2.05) is 58.9 Å². The third kappa shape index (κ3) is 4.81. The lowest BCUT2D eigenvalue weighted by molar-refractivity contribution is 0.337. The van der Waals surface area contributed by atoms with Crippen LogP contribution in [-0.2, 0) is 27.2 Å². The van der Waals surface area contributed by atoms with E-state index in [0.717, 1.165) is 23.4 Å². The van der Waals surface area contributed by atoms with Gasteiger partial charge in [0, 0.05) is 44.6 Å². The molecular formula is C28H33N7O2. The van der Waals surface area contributed by atoms with Gasteiger partial charge in [0.05, 0.1) is 6.54 Å². The first-order valence-corrected chi connectivity index (χ1v) is 12.5. The van der Waals surface area contributed by atoms with Gasteiger partial charge in [-0.2, -0.15) is 5.10 Å². The molecule has 0 amide bonds. The Bertz CT molecular complexity index is 1620. The van der Waals surface area contributed by atoms with Crippen LogP contribution in [-0.4, -0.2) is 34.5 Å². The van der Waals surface area contributed by atoms with Crippen LogP contribution in [0.1, 0.15) is 32.8 Å². The van der Waals surface area contributed by atoms with Gasteiger partial charge in [-0.1, -0.05) is 69.3 Å². The van der Waals surface area contributed by atoms with Gasteiger partial charge < -0.3 is 9.88 Å². The first-order valence-electron chi connectivity index (χ1n) is 12.5. The third-order valence-electron chi connectivity index (χ3n) is 6.53. The van der Waals surface area contributed by atoms with Gasteiger partial charge in [-0.3, -0.25) is 13.9 Å². The van der Waals surface area contributed by atoms with E-state index in [2.05, 4.69) is 43.2 Å². The Hall–Kier alpha value is -4.14. The number of aryl methyl sites for hydroxylation is 1. The Kier molecular flexibility index (Phi) is 6.23. The summed E-state index contributed by atoms with van der Waals surface area (Å²) in [5.41, 5.74) is 1.57. The summed E-state index contributed by atoms with van der Waals surface area (Å²) >= 11 is 0. The van der Waals surface area contributed by atoms with Gasteiger partial charge in [0.25, 0.3) is 5.56 Å². The Morgan fingerprint density at radius 2 is 1.84 bits per heavy atom. The fraction of sp³-hybridized carbons (Fsp3) is 0.357. The molecule has 1 unspecified atom stereocenters. The van der Waals surface area contributed by atoms with Crippen molar-refractivity contribution in [1.82, 2.24) is 28.5 Å². The standard InChI is InChI=1S/C28H33N7O2/c1-28(2,3)18-34-25-22(26(36)33(5)27(34)37)24(30-21-9-7-6-8-10-21)35(31-25)17-19-11-13-20(14-12-19)23-29-15-16-32(23)4/h6-9,11-16,21,30H,10,17-18H2,1-5H3. The molecule has 0 saturated heterocycles. The van der Waals surface area contributed by atoms with Crippen molar-refractivity contribution in [1.29, 1.82) is 0 Å². The molecule has 9 nitrogen and oxygen atoms in total. The van der Waals surface area contributed by atoms with Gasteiger partial charge in [0.1, 0.15) is 17.0 Å². The lowest BCUT2D eigenvalue weighted by Gasteiger charge is -2.20. The topological polar surface area (TPSA) is 91.7 Å². The van der Waals surface area contributed by atoms with Gasteiger partial charge in [0.2, 0.25) is 0 Å². The summed E-state index contributed by atoms with van der Waals surface area (Å²) in [6, 6.07) is 8.18. The lowest BCUT2D eigenvalue weighted by atomic mass is 9.97. The molecule has 1 aliphatic rings. The van der Waals surface area contributed by atoms with E-state index in [4.69, 9.17) is 5.10 Å². The van der Waals surface area contributed by atoms with Crippen LogP contribution in [0.4, 0.5) is 5.82 Å². The number of nitrogens with one attached hydrogen (secondary N) is 1. The SMILES string of the molecule is Cn1ccnc1-c1ccc(Cn2nc3c(c2NC2C=CC=CC2)c(=O)n(C)c(=O)n3CC(C)(C)C)cc1. The molecule has 0 radical (unpaired) electrons. The number of benzene rings is 1. The average molecular weight is 500 g/mol. The average Bonchev–Trinajstić information content (AvgIpc) is 3.45. The minimum atomic E-state index is -0.358. The lowest BCUT2D eigenvalue weighted by Crippen LogP contribution is -2.40. The summed E-state index contributed by atoms with van der Waals surface area (Å²) in [6.45, 7) is 7.08. The highest BCUT2D eigenvalue weighted by atomic mass is 16.2. The fourth-order valence-corrected chi connectivity index (χ4v) is 4.68. The molecule has 3 heterocycles. The largest absolute Gasteiger partial charge is 0.363 e. The van der Waals surface area contributed by atoms with Crippen molar-refractivity contribution in [2.75, 3.05) is 5.32 Å². The highest BCUT2D eigenvalue weighted by Gasteiger charge is 2.25. The molecule has 37 heavy (non-hydrogen) atoms. The van der Waals surface area contributed by atoms with Crippen LogP contribution in [0.25, 0.3) is 22.4 Å². The second-order valence-corrected chi connectivity index (χ2v) is 10.9. The maximum absolute atomic E-state index is 13.4. The molecule has 1 aliphatic carbocycles. The highest BCUT2D eigenvalue weighted by molar-refractivity contribution is 5.87. The zero-order valence-electron chi connectivity index (χ0n) is 22.0. The molecule has 1 N–H and O–H groups in total. The van der Waals surface area contributed by atoms with E-state index < -0.39 is 0 Å². The molecule has 192 valence electrons. The number of rotatable bonds is 6. The van der Waals surface area contributed by atoms with Crippen molar-refractivity contribution in [3.05, 3.63) is 87.4 Å². The Labute approximate surface area is 215 Å². The van der Waals surface area contributed by atoms with Crippen molar-refractivity contribution < 1.29 is 0 Å². The maximum Gasteiger partial charge on any atom is 0.332 e. The van der Waals surface area contributed by atoms with Crippen molar-refractivity contribution >= 4 is 16.9 Å².